The predicted molar refractivity (Wildman–Crippen MR) is 92.2 cm³/mol. The first-order chi connectivity index (χ1) is 11.3. The zero-order valence-corrected chi connectivity index (χ0v) is 14.3. The molecule has 1 amide bonds. The molecule has 2 N–H and O–H groups in total. The molecular weight excluding hydrogens is 350 g/mol. The van der Waals surface area contributed by atoms with Gasteiger partial charge in [-0.1, -0.05) is 23.7 Å². The molecule has 0 aliphatic rings. The number of benzene rings is 2. The summed E-state index contributed by atoms with van der Waals surface area (Å²) in [6.45, 7) is 0. The van der Waals surface area contributed by atoms with Crippen LogP contribution in [0.5, 0.6) is 0 Å². The van der Waals surface area contributed by atoms with Crippen molar-refractivity contribution in [3.05, 3.63) is 64.2 Å². The lowest BCUT2D eigenvalue weighted by Gasteiger charge is -2.12. The molecule has 2 aromatic carbocycles. The topological polar surface area (TPSA) is 99.1 Å². The highest BCUT2D eigenvalue weighted by Gasteiger charge is 2.17. The Kier molecular flexibility index (Phi) is 5.44. The molecule has 0 radical (unpaired) electrons. The Morgan fingerprint density at radius 3 is 2.67 bits per heavy atom. The Labute approximate surface area is 145 Å². The molecular formula is C16H14ClN3O3S. The number of hydrogen-bond donors (Lipinski definition) is 2. The highest BCUT2D eigenvalue weighted by atomic mass is 35.5. The van der Waals surface area contributed by atoms with Gasteiger partial charge in [-0.3, -0.25) is 9.52 Å². The zero-order valence-electron chi connectivity index (χ0n) is 12.7. The van der Waals surface area contributed by atoms with Crippen molar-refractivity contribution in [3.8, 4) is 6.07 Å². The second kappa shape index (κ2) is 7.34. The first kappa shape index (κ1) is 17.8. The maximum Gasteiger partial charge on any atom is 0.253 e. The molecule has 0 atom stereocenters. The number of anilines is 1. The molecule has 2 aromatic rings. The van der Waals surface area contributed by atoms with Gasteiger partial charge in [0.2, 0.25) is 10.0 Å². The molecule has 0 saturated carbocycles. The van der Waals surface area contributed by atoms with Gasteiger partial charge in [0.15, 0.2) is 0 Å². The average molecular weight is 364 g/mol. The van der Waals surface area contributed by atoms with Gasteiger partial charge in [0.05, 0.1) is 28.6 Å². The molecule has 24 heavy (non-hydrogen) atoms. The number of nitriles is 1. The minimum atomic E-state index is -3.77. The number of hydrogen-bond acceptors (Lipinski definition) is 4. The summed E-state index contributed by atoms with van der Waals surface area (Å²) in [6.07, 6.45) is 0. The van der Waals surface area contributed by atoms with Crippen molar-refractivity contribution in [1.29, 1.82) is 5.26 Å². The molecule has 0 heterocycles. The van der Waals surface area contributed by atoms with E-state index in [1.807, 2.05) is 6.07 Å². The molecule has 2 rings (SSSR count). The highest BCUT2D eigenvalue weighted by Crippen LogP contribution is 2.22. The second-order valence-electron chi connectivity index (χ2n) is 4.94. The second-order valence-corrected chi connectivity index (χ2v) is 7.10. The van der Waals surface area contributed by atoms with Crippen LogP contribution in [-0.2, 0) is 15.8 Å². The van der Waals surface area contributed by atoms with Crippen molar-refractivity contribution in [2.24, 2.45) is 0 Å². The molecule has 0 fully saturated rings. The van der Waals surface area contributed by atoms with Gasteiger partial charge in [0, 0.05) is 12.1 Å². The summed E-state index contributed by atoms with van der Waals surface area (Å²) in [4.78, 5) is 11.9. The van der Waals surface area contributed by atoms with Crippen LogP contribution >= 0.6 is 11.6 Å². The van der Waals surface area contributed by atoms with Crippen LogP contribution in [0.4, 0.5) is 5.69 Å². The summed E-state index contributed by atoms with van der Waals surface area (Å²) in [5.41, 5.74) is 1.10. The van der Waals surface area contributed by atoms with E-state index in [0.717, 1.165) is 0 Å². The zero-order chi connectivity index (χ0) is 17.7. The van der Waals surface area contributed by atoms with Crippen molar-refractivity contribution in [3.63, 3.8) is 0 Å². The molecule has 0 bridgehead atoms. The van der Waals surface area contributed by atoms with Crippen molar-refractivity contribution in [2.75, 3.05) is 11.8 Å². The predicted octanol–water partition coefficient (Wildman–Crippen LogP) is 2.51. The average Bonchev–Trinajstić information content (AvgIpc) is 2.55. The van der Waals surface area contributed by atoms with E-state index in [0.29, 0.717) is 16.1 Å². The van der Waals surface area contributed by atoms with Crippen LogP contribution in [0.3, 0.4) is 0 Å². The number of halogens is 1. The third-order valence-electron chi connectivity index (χ3n) is 3.13. The number of rotatable bonds is 5. The number of sulfonamides is 1. The first-order valence-corrected chi connectivity index (χ1v) is 8.89. The molecule has 0 aliphatic heterocycles. The number of nitrogens with one attached hydrogen (secondary N) is 2. The molecule has 0 saturated heterocycles. The van der Waals surface area contributed by atoms with Gasteiger partial charge in [-0.05, 0) is 35.9 Å². The van der Waals surface area contributed by atoms with Gasteiger partial charge in [-0.2, -0.15) is 5.26 Å². The third kappa shape index (κ3) is 4.47. The summed E-state index contributed by atoms with van der Waals surface area (Å²) in [7, 11) is -2.33. The highest BCUT2D eigenvalue weighted by molar-refractivity contribution is 7.91. The normalized spacial score (nSPS) is 10.7. The molecule has 6 nitrogen and oxygen atoms in total. The largest absolute Gasteiger partial charge is 0.355 e. The SMILES string of the molecule is CNC(=O)c1cc(Cl)ccc1NS(=O)(=O)Cc1cccc(C#N)c1. The molecule has 0 spiro atoms. The van der Waals surface area contributed by atoms with E-state index in [1.165, 1.54) is 31.3 Å². The minimum absolute atomic E-state index is 0.124. The lowest BCUT2D eigenvalue weighted by atomic mass is 10.2. The molecule has 0 aromatic heterocycles. The van der Waals surface area contributed by atoms with E-state index in [1.54, 1.807) is 18.2 Å². The summed E-state index contributed by atoms with van der Waals surface area (Å²) in [6, 6.07) is 12.6. The maximum atomic E-state index is 12.4. The lowest BCUT2D eigenvalue weighted by molar-refractivity contribution is 0.0964. The van der Waals surface area contributed by atoms with E-state index >= 15 is 0 Å². The van der Waals surface area contributed by atoms with Crippen molar-refractivity contribution < 1.29 is 13.2 Å². The fourth-order valence-electron chi connectivity index (χ4n) is 2.08. The Balaban J connectivity index is 2.29. The number of carbonyl (C=O) groups is 1. The van der Waals surface area contributed by atoms with Crippen LogP contribution in [0.1, 0.15) is 21.5 Å². The Hall–Kier alpha value is -2.56. The van der Waals surface area contributed by atoms with Crippen molar-refractivity contribution >= 4 is 33.2 Å². The summed E-state index contributed by atoms with van der Waals surface area (Å²) >= 11 is 5.86. The van der Waals surface area contributed by atoms with Crippen LogP contribution in [-0.4, -0.2) is 21.4 Å². The van der Waals surface area contributed by atoms with Crippen LogP contribution in [0, 0.1) is 11.3 Å². The monoisotopic (exact) mass is 363 g/mol. The number of nitrogens with zero attached hydrogens (tertiary/aromatic N) is 1. The molecule has 124 valence electrons. The smallest absolute Gasteiger partial charge is 0.253 e. The fraction of sp³-hybridized carbons (Fsp3) is 0.125. The van der Waals surface area contributed by atoms with E-state index in [4.69, 9.17) is 16.9 Å². The molecule has 8 heteroatoms. The Morgan fingerprint density at radius 1 is 1.25 bits per heavy atom. The van der Waals surface area contributed by atoms with Crippen LogP contribution in [0.15, 0.2) is 42.5 Å². The quantitative estimate of drug-likeness (QED) is 0.852. The van der Waals surface area contributed by atoms with Crippen molar-refractivity contribution in [1.82, 2.24) is 5.32 Å². The van der Waals surface area contributed by atoms with E-state index in [2.05, 4.69) is 10.0 Å². The molecule has 0 aliphatic carbocycles. The van der Waals surface area contributed by atoms with Gasteiger partial charge < -0.3 is 5.32 Å². The van der Waals surface area contributed by atoms with Gasteiger partial charge in [0.1, 0.15) is 0 Å². The molecule has 0 unspecified atom stereocenters. The summed E-state index contributed by atoms with van der Waals surface area (Å²) in [5.74, 6) is -0.778. The maximum absolute atomic E-state index is 12.4. The first-order valence-electron chi connectivity index (χ1n) is 6.86. The Morgan fingerprint density at radius 2 is 2.00 bits per heavy atom. The standard InChI is InChI=1S/C16H14ClN3O3S/c1-19-16(21)14-8-13(17)5-6-15(14)20-24(22,23)10-12-4-2-3-11(7-12)9-18/h2-8,20H,10H2,1H3,(H,19,21). The van der Waals surface area contributed by atoms with E-state index in [9.17, 15) is 13.2 Å². The van der Waals surface area contributed by atoms with Crippen LogP contribution in [0.2, 0.25) is 5.02 Å². The fourth-order valence-corrected chi connectivity index (χ4v) is 3.46. The van der Waals surface area contributed by atoms with Gasteiger partial charge in [0.25, 0.3) is 5.91 Å². The number of amides is 1. The third-order valence-corrected chi connectivity index (χ3v) is 4.61. The van der Waals surface area contributed by atoms with Crippen LogP contribution in [0.25, 0.3) is 0 Å². The van der Waals surface area contributed by atoms with Gasteiger partial charge in [-0.15, -0.1) is 0 Å². The van der Waals surface area contributed by atoms with Gasteiger partial charge in [-0.25, -0.2) is 8.42 Å². The lowest BCUT2D eigenvalue weighted by Crippen LogP contribution is -2.22. The van der Waals surface area contributed by atoms with Crippen LogP contribution < -0.4 is 10.0 Å². The summed E-state index contributed by atoms with van der Waals surface area (Å²) < 4.78 is 27.1. The van der Waals surface area contributed by atoms with Gasteiger partial charge >= 0.3 is 0 Å². The Bertz CT molecular complexity index is 920. The van der Waals surface area contributed by atoms with E-state index in [-0.39, 0.29) is 17.0 Å². The van der Waals surface area contributed by atoms with Crippen molar-refractivity contribution in [2.45, 2.75) is 5.75 Å². The number of carbonyl (C=O) groups excluding carboxylic acids is 1. The van der Waals surface area contributed by atoms with E-state index < -0.39 is 15.9 Å². The summed E-state index contributed by atoms with van der Waals surface area (Å²) in [5, 5.41) is 11.6. The minimum Gasteiger partial charge on any atom is -0.355 e.